The number of aryl methyl sites for hydroxylation is 1. The first-order valence-electron chi connectivity index (χ1n) is 8.19. The van der Waals surface area contributed by atoms with Gasteiger partial charge in [0.1, 0.15) is 5.75 Å². The predicted molar refractivity (Wildman–Crippen MR) is 95.7 cm³/mol. The zero-order chi connectivity index (χ0) is 20.0. The van der Waals surface area contributed by atoms with Crippen LogP contribution in [0.25, 0.3) is 0 Å². The molecule has 2 aromatic carbocycles. The van der Waals surface area contributed by atoms with E-state index in [9.17, 15) is 22.8 Å². The number of carbonyl (C=O) groups is 2. The molecule has 0 saturated heterocycles. The number of nitrogens with one attached hydrogen (secondary N) is 2. The van der Waals surface area contributed by atoms with E-state index < -0.39 is 23.6 Å². The topological polar surface area (TPSA) is 67.4 Å². The van der Waals surface area contributed by atoms with Gasteiger partial charge in [-0.3, -0.25) is 9.59 Å². The third-order valence-corrected chi connectivity index (χ3v) is 3.63. The van der Waals surface area contributed by atoms with Crippen molar-refractivity contribution in [3.8, 4) is 5.75 Å². The van der Waals surface area contributed by atoms with Crippen LogP contribution in [0.15, 0.2) is 42.5 Å². The first-order valence-corrected chi connectivity index (χ1v) is 8.19. The van der Waals surface area contributed by atoms with Crippen molar-refractivity contribution in [2.24, 2.45) is 0 Å². The Morgan fingerprint density at radius 3 is 2.22 bits per heavy atom. The molecular formula is C19H19F3N2O3. The number of anilines is 2. The van der Waals surface area contributed by atoms with Gasteiger partial charge in [0.25, 0.3) is 5.91 Å². The largest absolute Gasteiger partial charge is 0.484 e. The number of rotatable bonds is 6. The molecule has 0 aliphatic carbocycles. The minimum Gasteiger partial charge on any atom is -0.484 e. The molecule has 2 rings (SSSR count). The van der Waals surface area contributed by atoms with Crippen LogP contribution < -0.4 is 15.4 Å². The molecule has 2 amide bonds. The lowest BCUT2D eigenvalue weighted by molar-refractivity contribution is -0.137. The van der Waals surface area contributed by atoms with E-state index in [-0.39, 0.29) is 18.0 Å². The smallest absolute Gasteiger partial charge is 0.416 e. The van der Waals surface area contributed by atoms with E-state index in [1.54, 1.807) is 12.1 Å². The first kappa shape index (κ1) is 20.3. The molecule has 0 bridgehead atoms. The number of ether oxygens (including phenoxy) is 1. The molecule has 2 N–H and O–H groups in total. The lowest BCUT2D eigenvalue weighted by Crippen LogP contribution is -2.22. The Balaban J connectivity index is 2.10. The van der Waals surface area contributed by atoms with E-state index >= 15 is 0 Å². The summed E-state index contributed by atoms with van der Waals surface area (Å²) in [6, 6.07) is 9.80. The van der Waals surface area contributed by atoms with Crippen LogP contribution >= 0.6 is 0 Å². The molecule has 27 heavy (non-hydrogen) atoms. The third-order valence-electron chi connectivity index (χ3n) is 3.63. The Morgan fingerprint density at radius 2 is 1.67 bits per heavy atom. The van der Waals surface area contributed by atoms with Gasteiger partial charge in [-0.05, 0) is 42.3 Å². The molecule has 5 nitrogen and oxygen atoms in total. The fourth-order valence-electron chi connectivity index (χ4n) is 2.28. The molecule has 0 atom stereocenters. The van der Waals surface area contributed by atoms with Crippen LogP contribution in [0.3, 0.4) is 0 Å². The zero-order valence-electron chi connectivity index (χ0n) is 14.8. The number of alkyl halides is 3. The number of benzene rings is 2. The molecule has 0 unspecified atom stereocenters. The van der Waals surface area contributed by atoms with Crippen molar-refractivity contribution in [2.75, 3.05) is 17.2 Å². The Hall–Kier alpha value is -3.03. The lowest BCUT2D eigenvalue weighted by Gasteiger charge is -2.15. The van der Waals surface area contributed by atoms with E-state index in [2.05, 4.69) is 10.6 Å². The molecule has 144 valence electrons. The first-order chi connectivity index (χ1) is 12.7. The summed E-state index contributed by atoms with van der Waals surface area (Å²) in [6.45, 7) is 2.83. The van der Waals surface area contributed by atoms with Crippen molar-refractivity contribution in [1.82, 2.24) is 0 Å². The van der Waals surface area contributed by atoms with Crippen LogP contribution in [0.2, 0.25) is 0 Å². The Kier molecular flexibility index (Phi) is 6.44. The summed E-state index contributed by atoms with van der Waals surface area (Å²) in [6.07, 6.45) is -3.71. The summed E-state index contributed by atoms with van der Waals surface area (Å²) >= 11 is 0. The van der Waals surface area contributed by atoms with Gasteiger partial charge in [0.05, 0.1) is 16.9 Å². The summed E-state index contributed by atoms with van der Waals surface area (Å²) in [5.41, 5.74) is 0.0739. The van der Waals surface area contributed by atoms with Crippen LogP contribution in [-0.4, -0.2) is 18.4 Å². The molecule has 0 aliphatic heterocycles. The summed E-state index contributed by atoms with van der Waals surface area (Å²) in [4.78, 5) is 23.3. The molecule has 0 aliphatic rings. The molecule has 2 aromatic rings. The predicted octanol–water partition coefficient (Wildman–Crippen LogP) is 4.24. The van der Waals surface area contributed by atoms with Gasteiger partial charge in [-0.15, -0.1) is 0 Å². The average Bonchev–Trinajstić information content (AvgIpc) is 2.60. The monoisotopic (exact) mass is 380 g/mol. The second-order valence-corrected chi connectivity index (χ2v) is 5.77. The highest BCUT2D eigenvalue weighted by atomic mass is 19.4. The van der Waals surface area contributed by atoms with Crippen LogP contribution in [-0.2, 0) is 22.2 Å². The fourth-order valence-corrected chi connectivity index (χ4v) is 2.28. The van der Waals surface area contributed by atoms with Gasteiger partial charge >= 0.3 is 6.18 Å². The van der Waals surface area contributed by atoms with Crippen LogP contribution in [0, 0.1) is 0 Å². The summed E-state index contributed by atoms with van der Waals surface area (Å²) in [7, 11) is 0. The lowest BCUT2D eigenvalue weighted by atomic mass is 10.1. The third kappa shape index (κ3) is 6.02. The molecule has 0 fully saturated rings. The maximum absolute atomic E-state index is 12.9. The molecule has 0 heterocycles. The molecule has 0 spiro atoms. The average molecular weight is 380 g/mol. The molecular weight excluding hydrogens is 361 g/mol. The van der Waals surface area contributed by atoms with E-state index in [0.717, 1.165) is 30.2 Å². The van der Waals surface area contributed by atoms with Gasteiger partial charge in [0.2, 0.25) is 5.91 Å². The number of halogens is 3. The Bertz CT molecular complexity index is 818. The highest BCUT2D eigenvalue weighted by Crippen LogP contribution is 2.34. The van der Waals surface area contributed by atoms with E-state index in [1.807, 2.05) is 19.1 Å². The summed E-state index contributed by atoms with van der Waals surface area (Å²) in [5, 5.41) is 4.72. The van der Waals surface area contributed by atoms with Crippen LogP contribution in [0.1, 0.15) is 25.0 Å². The van der Waals surface area contributed by atoms with Crippen LogP contribution in [0.4, 0.5) is 24.5 Å². The van der Waals surface area contributed by atoms with Gasteiger partial charge in [-0.25, -0.2) is 0 Å². The van der Waals surface area contributed by atoms with Gasteiger partial charge in [0.15, 0.2) is 6.61 Å². The highest BCUT2D eigenvalue weighted by molar-refractivity contribution is 5.99. The maximum atomic E-state index is 12.9. The number of carbonyl (C=O) groups excluding carboxylic acids is 2. The molecule has 8 heteroatoms. The molecule has 0 saturated carbocycles. The number of hydrogen-bond acceptors (Lipinski definition) is 3. The van der Waals surface area contributed by atoms with Crippen LogP contribution in [0.5, 0.6) is 5.75 Å². The van der Waals surface area contributed by atoms with Crippen molar-refractivity contribution in [2.45, 2.75) is 26.4 Å². The maximum Gasteiger partial charge on any atom is 0.416 e. The Morgan fingerprint density at radius 1 is 1.00 bits per heavy atom. The summed E-state index contributed by atoms with van der Waals surface area (Å²) < 4.78 is 44.1. The van der Waals surface area contributed by atoms with Gasteiger partial charge in [-0.2, -0.15) is 13.2 Å². The van der Waals surface area contributed by atoms with Gasteiger partial charge < -0.3 is 15.4 Å². The van der Waals surface area contributed by atoms with Crippen molar-refractivity contribution in [1.29, 1.82) is 0 Å². The summed E-state index contributed by atoms with van der Waals surface area (Å²) in [5.74, 6) is -0.661. The fraction of sp³-hybridized carbons (Fsp3) is 0.263. The normalized spacial score (nSPS) is 11.0. The Labute approximate surface area is 154 Å². The van der Waals surface area contributed by atoms with E-state index in [0.29, 0.717) is 5.75 Å². The van der Waals surface area contributed by atoms with E-state index in [1.165, 1.54) is 6.92 Å². The van der Waals surface area contributed by atoms with Gasteiger partial charge in [-0.1, -0.05) is 19.1 Å². The second-order valence-electron chi connectivity index (χ2n) is 5.77. The standard InChI is InChI=1S/C19H19F3N2O3/c1-3-13-4-7-15(8-5-13)27-11-18(26)24-17-10-14(19(20,21)22)6-9-16(17)23-12(2)25/h4-10H,3,11H2,1-2H3,(H,23,25)(H,24,26). The molecule has 0 aromatic heterocycles. The second kappa shape index (κ2) is 8.57. The van der Waals surface area contributed by atoms with Crippen molar-refractivity contribution < 1.29 is 27.5 Å². The highest BCUT2D eigenvalue weighted by Gasteiger charge is 2.31. The van der Waals surface area contributed by atoms with Crippen molar-refractivity contribution >= 4 is 23.2 Å². The number of amides is 2. The minimum atomic E-state index is -4.58. The van der Waals surface area contributed by atoms with E-state index in [4.69, 9.17) is 4.74 Å². The molecule has 0 radical (unpaired) electrons. The van der Waals surface area contributed by atoms with Crippen molar-refractivity contribution in [3.05, 3.63) is 53.6 Å². The number of hydrogen-bond donors (Lipinski definition) is 2. The van der Waals surface area contributed by atoms with Gasteiger partial charge in [0, 0.05) is 6.92 Å². The SMILES string of the molecule is CCc1ccc(OCC(=O)Nc2cc(C(F)(F)F)ccc2NC(C)=O)cc1. The quantitative estimate of drug-likeness (QED) is 0.788. The minimum absolute atomic E-state index is 0.0659. The zero-order valence-corrected chi connectivity index (χ0v) is 14.8. The van der Waals surface area contributed by atoms with Crippen molar-refractivity contribution in [3.63, 3.8) is 0 Å².